The van der Waals surface area contributed by atoms with Gasteiger partial charge < -0.3 is 10.1 Å². The Morgan fingerprint density at radius 1 is 1.19 bits per heavy atom. The van der Waals surface area contributed by atoms with Crippen molar-refractivity contribution in [3.63, 3.8) is 0 Å². The van der Waals surface area contributed by atoms with E-state index in [9.17, 15) is 8.78 Å². The lowest BCUT2D eigenvalue weighted by atomic mass is 9.83. The van der Waals surface area contributed by atoms with Crippen LogP contribution in [0.25, 0.3) is 0 Å². The standard InChI is InChI=1S/C17H25F2NO/c1-3-20-16(9-12-7-5-4-6-8-12)17-14(18)10-13(21-2)11-15(17)19/h10-12,16,20H,3-9H2,1-2H3. The van der Waals surface area contributed by atoms with Crippen LogP contribution in [0.5, 0.6) is 5.75 Å². The molecule has 0 spiro atoms. The van der Waals surface area contributed by atoms with Gasteiger partial charge in [0.05, 0.1) is 7.11 Å². The number of halogens is 2. The Hall–Kier alpha value is -1.16. The summed E-state index contributed by atoms with van der Waals surface area (Å²) in [7, 11) is 1.41. The van der Waals surface area contributed by atoms with Gasteiger partial charge in [0.25, 0.3) is 0 Å². The Morgan fingerprint density at radius 3 is 2.33 bits per heavy atom. The lowest BCUT2D eigenvalue weighted by Gasteiger charge is -2.28. The number of ether oxygens (including phenoxy) is 1. The average Bonchev–Trinajstić information content (AvgIpc) is 2.47. The summed E-state index contributed by atoms with van der Waals surface area (Å²) in [4.78, 5) is 0. The molecule has 1 aromatic carbocycles. The van der Waals surface area contributed by atoms with Crippen LogP contribution in [0.15, 0.2) is 12.1 Å². The van der Waals surface area contributed by atoms with Crippen molar-refractivity contribution in [1.29, 1.82) is 0 Å². The van der Waals surface area contributed by atoms with E-state index in [4.69, 9.17) is 4.74 Å². The van der Waals surface area contributed by atoms with Crippen LogP contribution in [0.4, 0.5) is 8.78 Å². The first-order valence-electron chi connectivity index (χ1n) is 7.92. The molecule has 0 heterocycles. The molecule has 1 N–H and O–H groups in total. The second kappa shape index (κ2) is 7.74. The molecule has 2 nitrogen and oxygen atoms in total. The first-order valence-corrected chi connectivity index (χ1v) is 7.92. The van der Waals surface area contributed by atoms with Crippen molar-refractivity contribution < 1.29 is 13.5 Å². The quantitative estimate of drug-likeness (QED) is 0.829. The maximum Gasteiger partial charge on any atom is 0.134 e. The molecule has 1 aliphatic carbocycles. The summed E-state index contributed by atoms with van der Waals surface area (Å²) in [5, 5.41) is 3.24. The Morgan fingerprint density at radius 2 is 1.81 bits per heavy atom. The Balaban J connectivity index is 2.20. The molecule has 1 aliphatic rings. The normalized spacial score (nSPS) is 17.7. The fraction of sp³-hybridized carbons (Fsp3) is 0.647. The van der Waals surface area contributed by atoms with Crippen molar-refractivity contribution in [3.8, 4) is 5.75 Å². The second-order valence-corrected chi connectivity index (χ2v) is 5.85. The zero-order chi connectivity index (χ0) is 15.2. The molecule has 0 amide bonds. The van der Waals surface area contributed by atoms with E-state index in [2.05, 4.69) is 5.32 Å². The summed E-state index contributed by atoms with van der Waals surface area (Å²) in [6.45, 7) is 2.66. The average molecular weight is 297 g/mol. The molecule has 1 fully saturated rings. The van der Waals surface area contributed by atoms with Crippen LogP contribution in [0.3, 0.4) is 0 Å². The number of nitrogens with one attached hydrogen (secondary N) is 1. The molecular weight excluding hydrogens is 272 g/mol. The number of rotatable bonds is 6. The molecule has 1 atom stereocenters. The summed E-state index contributed by atoms with van der Waals surface area (Å²) < 4.78 is 33.5. The van der Waals surface area contributed by atoms with Crippen LogP contribution in [0, 0.1) is 17.6 Å². The lowest BCUT2D eigenvalue weighted by Crippen LogP contribution is -2.26. The van der Waals surface area contributed by atoms with Gasteiger partial charge in [-0.3, -0.25) is 0 Å². The van der Waals surface area contributed by atoms with E-state index in [0.717, 1.165) is 6.42 Å². The number of hydrogen-bond acceptors (Lipinski definition) is 2. The monoisotopic (exact) mass is 297 g/mol. The summed E-state index contributed by atoms with van der Waals surface area (Å²) in [5.41, 5.74) is 0.156. The highest BCUT2D eigenvalue weighted by Gasteiger charge is 2.25. The number of benzene rings is 1. The predicted octanol–water partition coefficient (Wildman–Crippen LogP) is 4.59. The highest BCUT2D eigenvalue weighted by molar-refractivity contribution is 5.32. The van der Waals surface area contributed by atoms with Gasteiger partial charge >= 0.3 is 0 Å². The highest BCUT2D eigenvalue weighted by Crippen LogP contribution is 2.34. The zero-order valence-corrected chi connectivity index (χ0v) is 12.9. The van der Waals surface area contributed by atoms with E-state index in [-0.39, 0.29) is 17.4 Å². The molecule has 2 rings (SSSR count). The van der Waals surface area contributed by atoms with Crippen molar-refractivity contribution in [1.82, 2.24) is 5.32 Å². The minimum atomic E-state index is -0.520. The molecule has 4 heteroatoms. The number of methoxy groups -OCH3 is 1. The predicted molar refractivity (Wildman–Crippen MR) is 80.5 cm³/mol. The van der Waals surface area contributed by atoms with Crippen molar-refractivity contribution in [2.75, 3.05) is 13.7 Å². The number of hydrogen-bond donors (Lipinski definition) is 1. The third kappa shape index (κ3) is 4.16. The summed E-state index contributed by atoms with van der Waals surface area (Å²) in [6.07, 6.45) is 6.89. The van der Waals surface area contributed by atoms with Crippen molar-refractivity contribution in [3.05, 3.63) is 29.3 Å². The minimum Gasteiger partial charge on any atom is -0.497 e. The van der Waals surface area contributed by atoms with E-state index < -0.39 is 11.6 Å². The van der Waals surface area contributed by atoms with E-state index >= 15 is 0 Å². The molecule has 1 saturated carbocycles. The fourth-order valence-electron chi connectivity index (χ4n) is 3.32. The molecule has 0 aromatic heterocycles. The Bertz CT molecular complexity index is 435. The van der Waals surface area contributed by atoms with Crippen LogP contribution in [0.1, 0.15) is 57.1 Å². The van der Waals surface area contributed by atoms with Crippen LogP contribution in [-0.2, 0) is 0 Å². The molecule has 0 aliphatic heterocycles. The van der Waals surface area contributed by atoms with Crippen LogP contribution in [-0.4, -0.2) is 13.7 Å². The van der Waals surface area contributed by atoms with Gasteiger partial charge in [0.1, 0.15) is 17.4 Å². The molecule has 1 unspecified atom stereocenters. The fourth-order valence-corrected chi connectivity index (χ4v) is 3.32. The van der Waals surface area contributed by atoms with Gasteiger partial charge in [-0.25, -0.2) is 8.78 Å². The van der Waals surface area contributed by atoms with E-state index in [0.29, 0.717) is 12.5 Å². The molecular formula is C17H25F2NO. The molecule has 118 valence electrons. The molecule has 0 bridgehead atoms. The Kier molecular flexibility index (Phi) is 5.97. The van der Waals surface area contributed by atoms with Gasteiger partial charge in [-0.15, -0.1) is 0 Å². The first kappa shape index (κ1) is 16.2. The van der Waals surface area contributed by atoms with Crippen molar-refractivity contribution in [2.24, 2.45) is 5.92 Å². The van der Waals surface area contributed by atoms with E-state index in [1.807, 2.05) is 6.92 Å². The minimum absolute atomic E-state index is 0.156. The van der Waals surface area contributed by atoms with Gasteiger partial charge in [0, 0.05) is 23.7 Å². The lowest BCUT2D eigenvalue weighted by molar-refractivity contribution is 0.294. The van der Waals surface area contributed by atoms with Crippen molar-refractivity contribution in [2.45, 2.75) is 51.5 Å². The smallest absolute Gasteiger partial charge is 0.134 e. The summed E-state index contributed by atoms with van der Waals surface area (Å²) in [6, 6.07) is 2.27. The highest BCUT2D eigenvalue weighted by atomic mass is 19.1. The topological polar surface area (TPSA) is 21.3 Å². The van der Waals surface area contributed by atoms with Gasteiger partial charge in [-0.2, -0.15) is 0 Å². The van der Waals surface area contributed by atoms with E-state index in [1.165, 1.54) is 51.3 Å². The van der Waals surface area contributed by atoms with Crippen LogP contribution in [0.2, 0.25) is 0 Å². The van der Waals surface area contributed by atoms with Gasteiger partial charge in [0.2, 0.25) is 0 Å². The van der Waals surface area contributed by atoms with Crippen LogP contribution < -0.4 is 10.1 Å². The van der Waals surface area contributed by atoms with Crippen LogP contribution >= 0.6 is 0 Å². The van der Waals surface area contributed by atoms with E-state index in [1.54, 1.807) is 0 Å². The second-order valence-electron chi connectivity index (χ2n) is 5.85. The zero-order valence-electron chi connectivity index (χ0n) is 12.9. The molecule has 1 aromatic rings. The van der Waals surface area contributed by atoms with Gasteiger partial charge in [0.15, 0.2) is 0 Å². The third-order valence-corrected chi connectivity index (χ3v) is 4.38. The molecule has 21 heavy (non-hydrogen) atoms. The summed E-state index contributed by atoms with van der Waals surface area (Å²) >= 11 is 0. The summed E-state index contributed by atoms with van der Waals surface area (Å²) in [5.74, 6) is -0.257. The third-order valence-electron chi connectivity index (χ3n) is 4.38. The largest absolute Gasteiger partial charge is 0.497 e. The first-order chi connectivity index (χ1) is 10.2. The SMILES string of the molecule is CCNC(CC1CCCCC1)c1c(F)cc(OC)cc1F. The van der Waals surface area contributed by atoms with Gasteiger partial charge in [-0.05, 0) is 18.9 Å². The maximum absolute atomic E-state index is 14.3. The maximum atomic E-state index is 14.3. The molecule has 0 radical (unpaired) electrons. The van der Waals surface area contributed by atoms with Gasteiger partial charge in [-0.1, -0.05) is 39.0 Å². The van der Waals surface area contributed by atoms with Crippen molar-refractivity contribution >= 4 is 0 Å². The Labute approximate surface area is 125 Å². The molecule has 0 saturated heterocycles.